The number of anilines is 1. The predicted octanol–water partition coefficient (Wildman–Crippen LogP) is 3.01. The van der Waals surface area contributed by atoms with E-state index in [0.29, 0.717) is 40.7 Å². The van der Waals surface area contributed by atoms with Gasteiger partial charge in [-0.05, 0) is 44.6 Å². The molecule has 0 unspecified atom stereocenters. The van der Waals surface area contributed by atoms with Crippen LogP contribution in [0.15, 0.2) is 30.3 Å². The van der Waals surface area contributed by atoms with E-state index < -0.39 is 30.3 Å². The van der Waals surface area contributed by atoms with Crippen LogP contribution in [0.25, 0.3) is 0 Å². The first-order valence-electron chi connectivity index (χ1n) is 11.7. The number of benzene rings is 1. The number of carbonyl (C=O) groups excluding carboxylic acids is 5. The highest BCUT2D eigenvalue weighted by atomic mass is 32.1. The number of hydrogen-bond donors (Lipinski definition) is 1. The van der Waals surface area contributed by atoms with Gasteiger partial charge in [-0.25, -0.2) is 9.69 Å². The third kappa shape index (κ3) is 5.18. The minimum atomic E-state index is -1.03. The molecule has 1 aromatic carbocycles. The molecule has 2 aromatic rings. The van der Waals surface area contributed by atoms with Crippen LogP contribution in [0.4, 0.5) is 9.80 Å². The van der Waals surface area contributed by atoms with Gasteiger partial charge >= 0.3 is 17.8 Å². The molecule has 0 radical (unpaired) electrons. The Morgan fingerprint density at radius 2 is 1.74 bits per heavy atom. The number of ketones is 1. The largest absolute Gasteiger partial charge is 0.382 e. The zero-order valence-corrected chi connectivity index (χ0v) is 20.3. The maximum atomic E-state index is 13.3. The molecule has 0 bridgehead atoms. The molecular formula is C25H27N3O6S. The van der Waals surface area contributed by atoms with Gasteiger partial charge in [0.25, 0.3) is 0 Å². The van der Waals surface area contributed by atoms with Gasteiger partial charge in [0.15, 0.2) is 5.78 Å². The Hall–Kier alpha value is -3.37. The summed E-state index contributed by atoms with van der Waals surface area (Å²) in [5, 5.41) is 3.15. The summed E-state index contributed by atoms with van der Waals surface area (Å²) in [4.78, 5) is 66.0. The average Bonchev–Trinajstić information content (AvgIpc) is 3.32. The van der Waals surface area contributed by atoms with Crippen LogP contribution in [0.5, 0.6) is 0 Å². The molecule has 1 saturated heterocycles. The summed E-state index contributed by atoms with van der Waals surface area (Å²) in [5.41, 5.74) is 1.94. The van der Waals surface area contributed by atoms with Gasteiger partial charge in [-0.2, -0.15) is 0 Å². The van der Waals surface area contributed by atoms with Crippen molar-refractivity contribution in [3.8, 4) is 0 Å². The van der Waals surface area contributed by atoms with Gasteiger partial charge in [-0.3, -0.25) is 24.1 Å². The molecule has 4 rings (SSSR count). The molecule has 1 aliphatic carbocycles. The van der Waals surface area contributed by atoms with E-state index in [9.17, 15) is 24.0 Å². The van der Waals surface area contributed by atoms with Crippen molar-refractivity contribution in [3.05, 3.63) is 51.9 Å². The number of urea groups is 1. The fourth-order valence-corrected chi connectivity index (χ4v) is 5.60. The van der Waals surface area contributed by atoms with Crippen LogP contribution in [0.1, 0.15) is 52.5 Å². The fourth-order valence-electron chi connectivity index (χ4n) is 4.29. The van der Waals surface area contributed by atoms with Gasteiger partial charge in [-0.15, -0.1) is 11.3 Å². The van der Waals surface area contributed by atoms with Crippen molar-refractivity contribution in [1.29, 1.82) is 0 Å². The first-order valence-corrected chi connectivity index (χ1v) is 12.5. The van der Waals surface area contributed by atoms with Crippen LogP contribution >= 0.6 is 11.3 Å². The standard InChI is InChI=1S/C25H27N3O6S/c1-2-34-14-8-13-27-23(31)24(32)28(25(27)33)15-19(29)26-22-20(17-11-6-7-12-18(17)35-22)21(30)16-9-4-3-5-10-16/h3-5,9-10H,2,6-8,11-15H2,1H3,(H,26,29). The highest BCUT2D eigenvalue weighted by Gasteiger charge is 2.45. The summed E-state index contributed by atoms with van der Waals surface area (Å²) in [5.74, 6) is -2.81. The van der Waals surface area contributed by atoms with Gasteiger partial charge < -0.3 is 10.1 Å². The minimum Gasteiger partial charge on any atom is -0.382 e. The summed E-state index contributed by atoms with van der Waals surface area (Å²) in [6.45, 7) is 2.12. The summed E-state index contributed by atoms with van der Waals surface area (Å²) in [6.07, 6.45) is 3.95. The number of hydrogen-bond acceptors (Lipinski definition) is 7. The summed E-state index contributed by atoms with van der Waals surface area (Å²) < 4.78 is 5.21. The molecule has 10 heteroatoms. The number of thiophene rings is 1. The SMILES string of the molecule is CCOCCCN1C(=O)C(=O)N(CC(=O)Nc2sc3c(c2C(=O)c2ccccc2)CCCC3)C1=O. The van der Waals surface area contributed by atoms with Crippen LogP contribution < -0.4 is 5.32 Å². The zero-order chi connectivity index (χ0) is 24.9. The van der Waals surface area contributed by atoms with Crippen LogP contribution in [0.2, 0.25) is 0 Å². The lowest BCUT2D eigenvalue weighted by Crippen LogP contribution is -2.39. The van der Waals surface area contributed by atoms with Gasteiger partial charge in [0.2, 0.25) is 5.91 Å². The molecule has 1 fully saturated rings. The van der Waals surface area contributed by atoms with Crippen molar-refractivity contribution in [2.75, 3.05) is 31.6 Å². The van der Waals surface area contributed by atoms with Gasteiger partial charge in [0.05, 0.1) is 5.56 Å². The third-order valence-electron chi connectivity index (χ3n) is 6.00. The van der Waals surface area contributed by atoms with E-state index >= 15 is 0 Å². The van der Waals surface area contributed by atoms with Gasteiger partial charge in [-0.1, -0.05) is 30.3 Å². The lowest BCUT2D eigenvalue weighted by molar-refractivity contribution is -0.143. The van der Waals surface area contributed by atoms with Gasteiger partial charge in [0, 0.05) is 30.2 Å². The number of aryl methyl sites for hydroxylation is 1. The number of fused-ring (bicyclic) bond motifs is 1. The number of rotatable bonds is 10. The molecule has 0 spiro atoms. The molecule has 0 saturated carbocycles. The number of imide groups is 2. The average molecular weight is 498 g/mol. The molecular weight excluding hydrogens is 470 g/mol. The Balaban J connectivity index is 1.50. The molecule has 9 nitrogen and oxygen atoms in total. The number of carbonyl (C=O) groups is 5. The Morgan fingerprint density at radius 3 is 2.49 bits per heavy atom. The van der Waals surface area contributed by atoms with E-state index in [1.165, 1.54) is 11.3 Å². The molecule has 1 aliphatic heterocycles. The maximum absolute atomic E-state index is 13.3. The van der Waals surface area contributed by atoms with Crippen molar-refractivity contribution in [1.82, 2.24) is 9.80 Å². The molecule has 2 aliphatic rings. The molecule has 5 amide bonds. The molecule has 35 heavy (non-hydrogen) atoms. The Bertz CT molecular complexity index is 1160. The van der Waals surface area contributed by atoms with E-state index in [1.807, 2.05) is 13.0 Å². The van der Waals surface area contributed by atoms with Crippen molar-refractivity contribution in [2.45, 2.75) is 39.0 Å². The smallest absolute Gasteiger partial charge is 0.334 e. The molecule has 2 heterocycles. The summed E-state index contributed by atoms with van der Waals surface area (Å²) >= 11 is 1.36. The molecule has 0 atom stereocenters. The predicted molar refractivity (Wildman–Crippen MR) is 129 cm³/mol. The van der Waals surface area contributed by atoms with Crippen molar-refractivity contribution in [2.24, 2.45) is 0 Å². The van der Waals surface area contributed by atoms with Crippen molar-refractivity contribution >= 4 is 45.9 Å². The Kier molecular flexibility index (Phi) is 7.72. The second-order valence-electron chi connectivity index (χ2n) is 8.34. The second-order valence-corrected chi connectivity index (χ2v) is 9.44. The van der Waals surface area contributed by atoms with Gasteiger partial charge in [0.1, 0.15) is 11.5 Å². The lowest BCUT2D eigenvalue weighted by Gasteiger charge is -2.15. The first kappa shape index (κ1) is 24.7. The Labute approximate surface area is 207 Å². The normalized spacial score (nSPS) is 15.5. The number of ether oxygens (including phenoxy) is 1. The van der Waals surface area contributed by atoms with E-state index in [4.69, 9.17) is 4.74 Å². The summed E-state index contributed by atoms with van der Waals surface area (Å²) in [7, 11) is 0. The highest BCUT2D eigenvalue weighted by Crippen LogP contribution is 2.39. The van der Waals surface area contributed by atoms with Crippen LogP contribution in [-0.4, -0.2) is 65.6 Å². The zero-order valence-electron chi connectivity index (χ0n) is 19.5. The monoisotopic (exact) mass is 497 g/mol. The number of nitrogens with one attached hydrogen (secondary N) is 1. The van der Waals surface area contributed by atoms with E-state index in [2.05, 4.69) is 5.32 Å². The highest BCUT2D eigenvalue weighted by molar-refractivity contribution is 7.17. The first-order chi connectivity index (χ1) is 16.9. The third-order valence-corrected chi connectivity index (χ3v) is 7.21. The van der Waals surface area contributed by atoms with Crippen molar-refractivity contribution < 1.29 is 28.7 Å². The topological polar surface area (TPSA) is 113 Å². The number of amides is 5. The second kappa shape index (κ2) is 10.9. The molecule has 1 N–H and O–H groups in total. The lowest BCUT2D eigenvalue weighted by atomic mass is 9.92. The molecule has 1 aromatic heterocycles. The van der Waals surface area contributed by atoms with Crippen LogP contribution in [0, 0.1) is 0 Å². The fraction of sp³-hybridized carbons (Fsp3) is 0.400. The van der Waals surface area contributed by atoms with Crippen LogP contribution in [-0.2, 0) is 32.0 Å². The van der Waals surface area contributed by atoms with Crippen molar-refractivity contribution in [3.63, 3.8) is 0 Å². The molecule has 184 valence electrons. The van der Waals surface area contributed by atoms with E-state index in [0.717, 1.165) is 41.0 Å². The van der Waals surface area contributed by atoms with Crippen LogP contribution in [0.3, 0.4) is 0 Å². The maximum Gasteiger partial charge on any atom is 0.334 e. The quantitative estimate of drug-likeness (QED) is 0.234. The van der Waals surface area contributed by atoms with E-state index in [1.54, 1.807) is 24.3 Å². The number of nitrogens with zero attached hydrogens (tertiary/aromatic N) is 2. The minimum absolute atomic E-state index is 0.0366. The van der Waals surface area contributed by atoms with E-state index in [-0.39, 0.29) is 12.3 Å². The Morgan fingerprint density at radius 1 is 1.03 bits per heavy atom. The summed E-state index contributed by atoms with van der Waals surface area (Å²) in [6, 6.07) is 8.03.